The molecule has 0 atom stereocenters. The van der Waals surface area contributed by atoms with E-state index in [2.05, 4.69) is 15.4 Å². The Morgan fingerprint density at radius 1 is 0.867 bits per heavy atom. The van der Waals surface area contributed by atoms with Crippen molar-refractivity contribution < 1.29 is 17.9 Å². The molecule has 0 saturated carbocycles. The number of benzene rings is 3. The molecule has 0 spiro atoms. The molecule has 3 aromatic rings. The van der Waals surface area contributed by atoms with Crippen molar-refractivity contribution in [2.75, 3.05) is 17.7 Å². The average molecular weight is 442 g/mol. The van der Waals surface area contributed by atoms with Gasteiger partial charge < -0.3 is 15.4 Å². The van der Waals surface area contributed by atoms with Crippen LogP contribution in [0.4, 0.5) is 11.4 Å². The van der Waals surface area contributed by atoms with Gasteiger partial charge in [0, 0.05) is 11.3 Å². The third-order valence-electron chi connectivity index (χ3n) is 4.04. The third kappa shape index (κ3) is 5.34. The summed E-state index contributed by atoms with van der Waals surface area (Å²) in [6.45, 7) is 0. The summed E-state index contributed by atoms with van der Waals surface area (Å²) in [6, 6.07) is 21.3. The number of amides is 1. The summed E-state index contributed by atoms with van der Waals surface area (Å²) in [7, 11) is -2.44. The van der Waals surface area contributed by atoms with Crippen LogP contribution in [-0.2, 0) is 10.0 Å². The standard InChI is InChI=1S/C21H19N3O4S2/c1-28-19-10-6-5-9-18(19)23-21(29)22-16-11-13-17(14-12-16)30(26,27)24-20(25)15-7-3-2-4-8-15/h2-14H,1H3,(H,24,25)(H2,22,23,29). The number of hydrogen-bond donors (Lipinski definition) is 3. The molecule has 0 bridgehead atoms. The SMILES string of the molecule is COc1ccccc1NC(=S)Nc1ccc(S(=O)(=O)NC(=O)c2ccccc2)cc1. The van der Waals surface area contributed by atoms with Crippen LogP contribution in [0, 0.1) is 0 Å². The fourth-order valence-electron chi connectivity index (χ4n) is 2.58. The Bertz CT molecular complexity index is 1150. The van der Waals surface area contributed by atoms with Crippen LogP contribution in [0.3, 0.4) is 0 Å². The molecule has 0 unspecified atom stereocenters. The lowest BCUT2D eigenvalue weighted by molar-refractivity contribution is 0.0981. The highest BCUT2D eigenvalue weighted by Crippen LogP contribution is 2.23. The Hall–Kier alpha value is -3.43. The van der Waals surface area contributed by atoms with Gasteiger partial charge in [-0.25, -0.2) is 13.1 Å². The number of ether oxygens (including phenoxy) is 1. The molecule has 0 saturated heterocycles. The van der Waals surface area contributed by atoms with Gasteiger partial charge in [-0.05, 0) is 60.7 Å². The third-order valence-corrected chi connectivity index (χ3v) is 5.59. The zero-order valence-corrected chi connectivity index (χ0v) is 17.6. The van der Waals surface area contributed by atoms with E-state index in [1.807, 2.05) is 18.2 Å². The molecule has 7 nitrogen and oxygen atoms in total. The highest BCUT2D eigenvalue weighted by molar-refractivity contribution is 7.90. The molecule has 0 aliphatic heterocycles. The normalized spacial score (nSPS) is 10.7. The van der Waals surface area contributed by atoms with E-state index >= 15 is 0 Å². The molecule has 1 amide bonds. The minimum absolute atomic E-state index is 0.0408. The number of sulfonamides is 1. The molecule has 0 heterocycles. The van der Waals surface area contributed by atoms with Crippen molar-refractivity contribution in [3.8, 4) is 5.75 Å². The van der Waals surface area contributed by atoms with E-state index in [-0.39, 0.29) is 10.5 Å². The molecule has 154 valence electrons. The molecule has 3 N–H and O–H groups in total. The molecule has 0 aliphatic carbocycles. The first kappa shape index (κ1) is 21.3. The molecule has 3 aromatic carbocycles. The predicted octanol–water partition coefficient (Wildman–Crippen LogP) is 3.62. The van der Waals surface area contributed by atoms with Crippen LogP contribution in [0.25, 0.3) is 0 Å². The van der Waals surface area contributed by atoms with E-state index < -0.39 is 15.9 Å². The summed E-state index contributed by atoms with van der Waals surface area (Å²) in [6.07, 6.45) is 0. The quantitative estimate of drug-likeness (QED) is 0.503. The first-order valence-electron chi connectivity index (χ1n) is 8.82. The van der Waals surface area contributed by atoms with Crippen molar-refractivity contribution in [3.63, 3.8) is 0 Å². The van der Waals surface area contributed by atoms with Gasteiger partial charge in [-0.3, -0.25) is 4.79 Å². The molecule has 30 heavy (non-hydrogen) atoms. The molecule has 0 radical (unpaired) electrons. The lowest BCUT2D eigenvalue weighted by Gasteiger charge is -2.13. The maximum atomic E-state index is 12.5. The first-order valence-corrected chi connectivity index (χ1v) is 10.7. The van der Waals surface area contributed by atoms with Gasteiger partial charge in [-0.15, -0.1) is 0 Å². The van der Waals surface area contributed by atoms with Crippen LogP contribution in [0.15, 0.2) is 83.8 Å². The predicted molar refractivity (Wildman–Crippen MR) is 120 cm³/mol. The Labute approximate surface area is 180 Å². The summed E-state index contributed by atoms with van der Waals surface area (Å²) >= 11 is 5.29. The highest BCUT2D eigenvalue weighted by atomic mass is 32.2. The summed E-state index contributed by atoms with van der Waals surface area (Å²) in [5.74, 6) is -0.0581. The van der Waals surface area contributed by atoms with Crippen molar-refractivity contribution >= 4 is 44.6 Å². The van der Waals surface area contributed by atoms with Gasteiger partial charge in [0.05, 0.1) is 17.7 Å². The van der Waals surface area contributed by atoms with Gasteiger partial charge in [-0.1, -0.05) is 30.3 Å². The van der Waals surface area contributed by atoms with E-state index in [0.717, 1.165) is 0 Å². The Kier molecular flexibility index (Phi) is 6.65. The summed E-state index contributed by atoms with van der Waals surface area (Å²) in [4.78, 5) is 12.1. The van der Waals surface area contributed by atoms with Crippen LogP contribution < -0.4 is 20.1 Å². The number of hydrogen-bond acceptors (Lipinski definition) is 5. The van der Waals surface area contributed by atoms with Crippen LogP contribution >= 0.6 is 12.2 Å². The summed E-state index contributed by atoms with van der Waals surface area (Å²) in [5.41, 5.74) is 1.53. The fraction of sp³-hybridized carbons (Fsp3) is 0.0476. The topological polar surface area (TPSA) is 96.5 Å². The van der Waals surface area contributed by atoms with Crippen LogP contribution in [0.2, 0.25) is 0 Å². The Balaban J connectivity index is 1.65. The molecule has 9 heteroatoms. The molecule has 0 aromatic heterocycles. The number of nitrogens with one attached hydrogen (secondary N) is 3. The van der Waals surface area contributed by atoms with Crippen molar-refractivity contribution in [3.05, 3.63) is 84.4 Å². The van der Waals surface area contributed by atoms with Crippen LogP contribution in [-0.4, -0.2) is 26.5 Å². The lowest BCUT2D eigenvalue weighted by Crippen LogP contribution is -2.30. The first-order chi connectivity index (χ1) is 14.4. The van der Waals surface area contributed by atoms with E-state index in [0.29, 0.717) is 22.2 Å². The van der Waals surface area contributed by atoms with Gasteiger partial charge in [0.2, 0.25) is 0 Å². The maximum Gasteiger partial charge on any atom is 0.264 e. The van der Waals surface area contributed by atoms with Gasteiger partial charge >= 0.3 is 0 Å². The molecular weight excluding hydrogens is 422 g/mol. The number of carbonyl (C=O) groups excluding carboxylic acids is 1. The van der Waals surface area contributed by atoms with Gasteiger partial charge in [0.25, 0.3) is 15.9 Å². The number of thiocarbonyl (C=S) groups is 1. The highest BCUT2D eigenvalue weighted by Gasteiger charge is 2.18. The Morgan fingerprint density at radius 3 is 2.17 bits per heavy atom. The minimum Gasteiger partial charge on any atom is -0.495 e. The van der Waals surface area contributed by atoms with Crippen molar-refractivity contribution in [1.82, 2.24) is 4.72 Å². The zero-order chi connectivity index (χ0) is 21.6. The molecular formula is C21H19N3O4S2. The van der Waals surface area contributed by atoms with E-state index in [9.17, 15) is 13.2 Å². The van der Waals surface area contributed by atoms with Crippen LogP contribution in [0.5, 0.6) is 5.75 Å². The second-order valence-electron chi connectivity index (χ2n) is 6.10. The van der Waals surface area contributed by atoms with Gasteiger partial charge in [0.1, 0.15) is 5.75 Å². The lowest BCUT2D eigenvalue weighted by atomic mass is 10.2. The number of anilines is 2. The number of rotatable bonds is 6. The summed E-state index contributed by atoms with van der Waals surface area (Å²) in [5, 5.41) is 6.30. The largest absolute Gasteiger partial charge is 0.495 e. The monoisotopic (exact) mass is 441 g/mol. The molecule has 0 fully saturated rings. The average Bonchev–Trinajstić information content (AvgIpc) is 2.75. The number of carbonyl (C=O) groups is 1. The second-order valence-corrected chi connectivity index (χ2v) is 8.20. The van der Waals surface area contributed by atoms with Crippen molar-refractivity contribution in [1.29, 1.82) is 0 Å². The van der Waals surface area contributed by atoms with Crippen LogP contribution in [0.1, 0.15) is 10.4 Å². The van der Waals surface area contributed by atoms with Crippen molar-refractivity contribution in [2.24, 2.45) is 0 Å². The molecule has 3 rings (SSSR count). The zero-order valence-electron chi connectivity index (χ0n) is 16.0. The fourth-order valence-corrected chi connectivity index (χ4v) is 3.78. The van der Waals surface area contributed by atoms with Crippen molar-refractivity contribution in [2.45, 2.75) is 4.90 Å². The summed E-state index contributed by atoms with van der Waals surface area (Å²) < 4.78 is 32.2. The maximum absolute atomic E-state index is 12.5. The van der Waals surface area contributed by atoms with E-state index in [4.69, 9.17) is 17.0 Å². The van der Waals surface area contributed by atoms with E-state index in [1.165, 1.54) is 24.3 Å². The minimum atomic E-state index is -4.00. The number of methoxy groups -OCH3 is 1. The van der Waals surface area contributed by atoms with Gasteiger partial charge in [0.15, 0.2) is 5.11 Å². The smallest absolute Gasteiger partial charge is 0.264 e. The van der Waals surface area contributed by atoms with E-state index in [1.54, 1.807) is 43.5 Å². The molecule has 0 aliphatic rings. The van der Waals surface area contributed by atoms with Gasteiger partial charge in [-0.2, -0.15) is 0 Å². The second kappa shape index (κ2) is 9.38. The number of para-hydroxylation sites is 2. The Morgan fingerprint density at radius 2 is 1.50 bits per heavy atom.